The van der Waals surface area contributed by atoms with Gasteiger partial charge in [0.15, 0.2) is 5.78 Å². The van der Waals surface area contributed by atoms with E-state index in [2.05, 4.69) is 20.8 Å². The highest BCUT2D eigenvalue weighted by Gasteiger charge is 2.12. The molecule has 0 bridgehead atoms. The van der Waals surface area contributed by atoms with Crippen molar-refractivity contribution in [2.75, 3.05) is 19.1 Å². The van der Waals surface area contributed by atoms with E-state index in [1.54, 1.807) is 14.0 Å². The number of methoxy groups -OCH3 is 1. The third kappa shape index (κ3) is 3.85. The Balaban J connectivity index is 2.23. The van der Waals surface area contributed by atoms with Crippen molar-refractivity contribution in [2.45, 2.75) is 13.5 Å². The molecule has 3 nitrogen and oxygen atoms in total. The zero-order valence-electron chi connectivity index (χ0n) is 12.4. The maximum atomic E-state index is 11.8. The average Bonchev–Trinajstić information content (AvgIpc) is 2.47. The van der Waals surface area contributed by atoms with Crippen molar-refractivity contribution < 1.29 is 9.53 Å². The van der Waals surface area contributed by atoms with E-state index in [9.17, 15) is 4.79 Å². The summed E-state index contributed by atoms with van der Waals surface area (Å²) in [7, 11) is 3.64. The predicted molar refractivity (Wildman–Crippen MR) is 89.2 cm³/mol. The summed E-state index contributed by atoms with van der Waals surface area (Å²) in [6.45, 7) is 2.32. The number of nitrogens with zero attached hydrogens (tertiary/aromatic N) is 1. The number of Topliss-reactive ketones (excluding diaryl/α,β-unsaturated/α-hetero) is 1. The average molecular weight is 348 g/mol. The second-order valence-corrected chi connectivity index (χ2v) is 5.84. The fourth-order valence-corrected chi connectivity index (χ4v) is 2.57. The van der Waals surface area contributed by atoms with Gasteiger partial charge in [-0.3, -0.25) is 4.79 Å². The molecule has 0 N–H and O–H groups in total. The number of benzene rings is 2. The third-order valence-corrected chi connectivity index (χ3v) is 3.82. The van der Waals surface area contributed by atoms with Crippen molar-refractivity contribution in [1.29, 1.82) is 0 Å². The van der Waals surface area contributed by atoms with Gasteiger partial charge in [-0.25, -0.2) is 0 Å². The van der Waals surface area contributed by atoms with Crippen molar-refractivity contribution in [1.82, 2.24) is 0 Å². The van der Waals surface area contributed by atoms with Crippen LogP contribution in [-0.2, 0) is 6.54 Å². The molecule has 2 rings (SSSR count). The summed E-state index contributed by atoms with van der Waals surface area (Å²) < 4.78 is 6.07. The van der Waals surface area contributed by atoms with E-state index in [-0.39, 0.29) is 5.78 Å². The van der Waals surface area contributed by atoms with Crippen molar-refractivity contribution in [3.63, 3.8) is 0 Å². The van der Waals surface area contributed by atoms with Gasteiger partial charge in [0.2, 0.25) is 0 Å². The molecule has 0 amide bonds. The van der Waals surface area contributed by atoms with E-state index in [4.69, 9.17) is 4.74 Å². The maximum Gasteiger partial charge on any atom is 0.161 e. The van der Waals surface area contributed by atoms with Crippen LogP contribution < -0.4 is 9.64 Å². The number of carbonyl (C=O) groups excluding carboxylic acids is 1. The number of ketones is 1. The molecule has 0 radical (unpaired) electrons. The summed E-state index contributed by atoms with van der Waals surface area (Å²) in [6.07, 6.45) is 0. The first-order chi connectivity index (χ1) is 10.0. The molecule has 0 fully saturated rings. The highest BCUT2D eigenvalue weighted by Crippen LogP contribution is 2.26. The third-order valence-electron chi connectivity index (χ3n) is 3.33. The largest absolute Gasteiger partial charge is 0.497 e. The minimum atomic E-state index is 0.0629. The van der Waals surface area contributed by atoms with Crippen LogP contribution in [0.15, 0.2) is 46.9 Å². The molecule has 2 aromatic carbocycles. The molecule has 0 aliphatic heterocycles. The summed E-state index contributed by atoms with van der Waals surface area (Å²) in [6, 6.07) is 13.7. The quantitative estimate of drug-likeness (QED) is 0.755. The zero-order chi connectivity index (χ0) is 15.4. The molecule has 4 heteroatoms. The molecule has 0 aliphatic rings. The molecule has 0 aliphatic carbocycles. The first kappa shape index (κ1) is 15.6. The molecule has 0 heterocycles. The maximum absolute atomic E-state index is 11.8. The van der Waals surface area contributed by atoms with Crippen molar-refractivity contribution >= 4 is 27.4 Å². The number of rotatable bonds is 5. The molecule has 0 aromatic heterocycles. The minimum Gasteiger partial charge on any atom is -0.497 e. The number of halogens is 1. The Morgan fingerprint density at radius 2 is 1.86 bits per heavy atom. The van der Waals surface area contributed by atoms with Gasteiger partial charge in [-0.15, -0.1) is 0 Å². The van der Waals surface area contributed by atoms with Gasteiger partial charge in [0.05, 0.1) is 7.11 Å². The Morgan fingerprint density at radius 3 is 2.43 bits per heavy atom. The van der Waals surface area contributed by atoms with Crippen LogP contribution in [0, 0.1) is 0 Å². The molecule has 2 aromatic rings. The number of hydrogen-bond acceptors (Lipinski definition) is 3. The van der Waals surface area contributed by atoms with E-state index in [0.717, 1.165) is 33.6 Å². The Bertz CT molecular complexity index is 638. The first-order valence-electron chi connectivity index (χ1n) is 6.66. The summed E-state index contributed by atoms with van der Waals surface area (Å²) >= 11 is 3.41. The number of carbonyl (C=O) groups is 1. The number of hydrogen-bond donors (Lipinski definition) is 0. The SMILES string of the molecule is COc1ccc(CN(C)c2ccc(Br)cc2C(C)=O)cc1. The van der Waals surface area contributed by atoms with Crippen LogP contribution in [0.1, 0.15) is 22.8 Å². The van der Waals surface area contributed by atoms with Gasteiger partial charge in [-0.2, -0.15) is 0 Å². The fraction of sp³-hybridized carbons (Fsp3) is 0.235. The molecular formula is C17H18BrNO2. The monoisotopic (exact) mass is 347 g/mol. The van der Waals surface area contributed by atoms with Gasteiger partial charge in [0.1, 0.15) is 5.75 Å². The molecule has 110 valence electrons. The topological polar surface area (TPSA) is 29.5 Å². The van der Waals surface area contributed by atoms with Crippen molar-refractivity contribution in [2.24, 2.45) is 0 Å². The second-order valence-electron chi connectivity index (χ2n) is 4.92. The fourth-order valence-electron chi connectivity index (χ4n) is 2.21. The Hall–Kier alpha value is -1.81. The molecule has 0 spiro atoms. The number of ether oxygens (including phenoxy) is 1. The van der Waals surface area contributed by atoms with Crippen LogP contribution in [-0.4, -0.2) is 19.9 Å². The Labute approximate surface area is 133 Å². The van der Waals surface area contributed by atoms with Gasteiger partial charge in [0, 0.05) is 29.3 Å². The van der Waals surface area contributed by atoms with Gasteiger partial charge >= 0.3 is 0 Å². The highest BCUT2D eigenvalue weighted by molar-refractivity contribution is 9.10. The molecule has 0 saturated carbocycles. The molecule has 0 unspecified atom stereocenters. The zero-order valence-corrected chi connectivity index (χ0v) is 14.0. The highest BCUT2D eigenvalue weighted by atomic mass is 79.9. The second kappa shape index (κ2) is 6.76. The van der Waals surface area contributed by atoms with Crippen LogP contribution in [0.5, 0.6) is 5.75 Å². The lowest BCUT2D eigenvalue weighted by atomic mass is 10.1. The molecule has 0 saturated heterocycles. The summed E-state index contributed by atoms with van der Waals surface area (Å²) in [5, 5.41) is 0. The van der Waals surface area contributed by atoms with Crippen LogP contribution in [0.3, 0.4) is 0 Å². The van der Waals surface area contributed by atoms with Crippen molar-refractivity contribution in [3.05, 3.63) is 58.1 Å². The normalized spacial score (nSPS) is 10.3. The Kier molecular flexibility index (Phi) is 5.02. The van der Waals surface area contributed by atoms with Gasteiger partial charge < -0.3 is 9.64 Å². The lowest BCUT2D eigenvalue weighted by Gasteiger charge is -2.22. The van der Waals surface area contributed by atoms with Crippen molar-refractivity contribution in [3.8, 4) is 5.75 Å². The van der Waals surface area contributed by atoms with Crippen LogP contribution in [0.25, 0.3) is 0 Å². The van der Waals surface area contributed by atoms with E-state index in [1.807, 2.05) is 49.5 Å². The van der Waals surface area contributed by atoms with E-state index in [0.29, 0.717) is 0 Å². The van der Waals surface area contributed by atoms with E-state index >= 15 is 0 Å². The summed E-state index contributed by atoms with van der Waals surface area (Å²) in [5.41, 5.74) is 2.82. The lowest BCUT2D eigenvalue weighted by Crippen LogP contribution is -2.19. The predicted octanol–water partition coefficient (Wildman–Crippen LogP) is 4.30. The van der Waals surface area contributed by atoms with Crippen LogP contribution >= 0.6 is 15.9 Å². The Morgan fingerprint density at radius 1 is 1.19 bits per heavy atom. The minimum absolute atomic E-state index is 0.0629. The number of anilines is 1. The standard InChI is InChI=1S/C17H18BrNO2/c1-12(20)16-10-14(18)6-9-17(16)19(2)11-13-4-7-15(21-3)8-5-13/h4-10H,11H2,1-3H3. The van der Waals surface area contributed by atoms with Gasteiger partial charge in [-0.1, -0.05) is 28.1 Å². The van der Waals surface area contributed by atoms with Gasteiger partial charge in [-0.05, 0) is 42.8 Å². The lowest BCUT2D eigenvalue weighted by molar-refractivity contribution is 0.101. The smallest absolute Gasteiger partial charge is 0.161 e. The summed E-state index contributed by atoms with van der Waals surface area (Å²) in [4.78, 5) is 13.9. The van der Waals surface area contributed by atoms with Crippen LogP contribution in [0.2, 0.25) is 0 Å². The molecule has 21 heavy (non-hydrogen) atoms. The van der Waals surface area contributed by atoms with E-state index < -0.39 is 0 Å². The molecule has 0 atom stereocenters. The summed E-state index contributed by atoms with van der Waals surface area (Å²) in [5.74, 6) is 0.905. The van der Waals surface area contributed by atoms with Crippen LogP contribution in [0.4, 0.5) is 5.69 Å². The van der Waals surface area contributed by atoms with Gasteiger partial charge in [0.25, 0.3) is 0 Å². The molecular weight excluding hydrogens is 330 g/mol. The first-order valence-corrected chi connectivity index (χ1v) is 7.45. The van der Waals surface area contributed by atoms with E-state index in [1.165, 1.54) is 0 Å².